The van der Waals surface area contributed by atoms with Gasteiger partial charge in [-0.05, 0) is 87.7 Å². The number of hydrogen-bond acceptors (Lipinski definition) is 4. The standard InChI is InChI=1S/C20H27ClN2O3S/c1-20(2,23-27(25,26)17-4-3-5-22-19(17)21)18(24)11-16-14-7-12-6-13(9-14)10-15(16)8-12/h3-5,12-16,23H,6-11H2,1-2H3. The van der Waals surface area contributed by atoms with Gasteiger partial charge in [-0.15, -0.1) is 0 Å². The lowest BCUT2D eigenvalue weighted by Gasteiger charge is -2.54. The van der Waals surface area contributed by atoms with Gasteiger partial charge >= 0.3 is 0 Å². The van der Waals surface area contributed by atoms with Gasteiger partial charge in [-0.25, -0.2) is 13.4 Å². The number of carbonyl (C=O) groups excluding carboxylic acids is 1. The van der Waals surface area contributed by atoms with Crippen molar-refractivity contribution in [2.75, 3.05) is 0 Å². The molecule has 148 valence electrons. The van der Waals surface area contributed by atoms with Gasteiger partial charge in [0.25, 0.3) is 0 Å². The second-order valence-corrected chi connectivity index (χ2v) is 11.3. The molecule has 1 aromatic rings. The number of nitrogens with zero attached hydrogens (tertiary/aromatic N) is 1. The van der Waals surface area contributed by atoms with E-state index < -0.39 is 15.6 Å². The second kappa shape index (κ2) is 6.82. The minimum Gasteiger partial charge on any atom is -0.298 e. The summed E-state index contributed by atoms with van der Waals surface area (Å²) in [5, 5.41) is -0.0886. The monoisotopic (exact) mass is 410 g/mol. The van der Waals surface area contributed by atoms with E-state index in [0.717, 1.165) is 11.8 Å². The number of hydrogen-bond donors (Lipinski definition) is 1. The molecule has 4 bridgehead atoms. The van der Waals surface area contributed by atoms with E-state index in [-0.39, 0.29) is 15.8 Å². The zero-order valence-corrected chi connectivity index (χ0v) is 17.4. The van der Waals surface area contributed by atoms with Crippen molar-refractivity contribution in [2.24, 2.45) is 29.6 Å². The van der Waals surface area contributed by atoms with Crippen LogP contribution in [0.2, 0.25) is 5.15 Å². The number of rotatable bonds is 6. The molecule has 4 saturated carbocycles. The molecule has 1 aromatic heterocycles. The van der Waals surface area contributed by atoms with Crippen molar-refractivity contribution in [3.8, 4) is 0 Å². The highest BCUT2D eigenvalue weighted by molar-refractivity contribution is 7.89. The highest BCUT2D eigenvalue weighted by atomic mass is 35.5. The SMILES string of the molecule is CC(C)(NS(=O)(=O)c1cccnc1Cl)C(=O)CC1C2CC3CC(C2)CC1C3. The number of sulfonamides is 1. The molecule has 0 aliphatic heterocycles. The number of carbonyl (C=O) groups is 1. The maximum Gasteiger partial charge on any atom is 0.244 e. The molecule has 5 rings (SSSR count). The van der Waals surface area contributed by atoms with Crippen molar-refractivity contribution in [2.45, 2.75) is 62.8 Å². The molecule has 1 heterocycles. The first-order chi connectivity index (χ1) is 12.7. The zero-order valence-electron chi connectivity index (χ0n) is 15.8. The van der Waals surface area contributed by atoms with Crippen LogP contribution in [0.3, 0.4) is 0 Å². The third-order valence-electron chi connectivity index (χ3n) is 6.94. The molecule has 4 aliphatic carbocycles. The van der Waals surface area contributed by atoms with Gasteiger partial charge in [0.15, 0.2) is 5.78 Å². The Hall–Kier alpha value is -0.980. The highest BCUT2D eigenvalue weighted by Crippen LogP contribution is 2.57. The molecule has 0 spiro atoms. The molecule has 0 saturated heterocycles. The molecule has 1 N–H and O–H groups in total. The van der Waals surface area contributed by atoms with Crippen molar-refractivity contribution >= 4 is 27.4 Å². The Bertz CT molecular complexity index is 825. The summed E-state index contributed by atoms with van der Waals surface area (Å²) in [5.41, 5.74) is -1.17. The second-order valence-electron chi connectivity index (χ2n) is 9.24. The lowest BCUT2D eigenvalue weighted by molar-refractivity contribution is -0.128. The predicted octanol–water partition coefficient (Wildman–Crippen LogP) is 3.82. The summed E-state index contributed by atoms with van der Waals surface area (Å²) in [6.45, 7) is 3.29. The number of halogens is 1. The first-order valence-corrected chi connectivity index (χ1v) is 11.7. The van der Waals surface area contributed by atoms with Gasteiger partial charge in [0.2, 0.25) is 10.0 Å². The summed E-state index contributed by atoms with van der Waals surface area (Å²) in [4.78, 5) is 16.8. The minimum absolute atomic E-state index is 0.0384. The Balaban J connectivity index is 1.47. The number of Topliss-reactive ketones (excluding diaryl/α,β-unsaturated/α-hetero) is 1. The van der Waals surface area contributed by atoms with E-state index in [1.165, 1.54) is 50.4 Å². The smallest absolute Gasteiger partial charge is 0.244 e. The van der Waals surface area contributed by atoms with Gasteiger partial charge < -0.3 is 0 Å². The molecule has 0 atom stereocenters. The highest BCUT2D eigenvalue weighted by Gasteiger charge is 2.49. The number of ketones is 1. The third-order valence-corrected chi connectivity index (χ3v) is 9.04. The van der Waals surface area contributed by atoms with Gasteiger partial charge in [0.05, 0.1) is 5.54 Å². The van der Waals surface area contributed by atoms with Crippen LogP contribution in [-0.2, 0) is 14.8 Å². The molecule has 0 aromatic carbocycles. The van der Waals surface area contributed by atoms with Crippen LogP contribution in [0.1, 0.15) is 52.4 Å². The van der Waals surface area contributed by atoms with Crippen molar-refractivity contribution in [1.29, 1.82) is 0 Å². The largest absolute Gasteiger partial charge is 0.298 e. The molecule has 0 amide bonds. The fourth-order valence-corrected chi connectivity index (χ4v) is 7.71. The van der Waals surface area contributed by atoms with Crippen LogP contribution in [0.5, 0.6) is 0 Å². The van der Waals surface area contributed by atoms with Crippen LogP contribution in [-0.4, -0.2) is 24.7 Å². The summed E-state index contributed by atoms with van der Waals surface area (Å²) < 4.78 is 28.0. The Kier molecular flexibility index (Phi) is 4.88. The average Bonchev–Trinajstić information content (AvgIpc) is 2.56. The van der Waals surface area contributed by atoms with Crippen molar-refractivity contribution in [3.63, 3.8) is 0 Å². The van der Waals surface area contributed by atoms with Crippen LogP contribution in [0.25, 0.3) is 0 Å². The predicted molar refractivity (Wildman–Crippen MR) is 104 cm³/mol. The lowest BCUT2D eigenvalue weighted by Crippen LogP contribution is -2.52. The Morgan fingerprint density at radius 2 is 1.78 bits per heavy atom. The molecular weight excluding hydrogens is 384 g/mol. The van der Waals surface area contributed by atoms with Crippen LogP contribution in [0.15, 0.2) is 23.2 Å². The molecule has 5 nitrogen and oxygen atoms in total. The summed E-state index contributed by atoms with van der Waals surface area (Å²) >= 11 is 5.94. The van der Waals surface area contributed by atoms with Gasteiger partial charge in [0, 0.05) is 12.6 Å². The number of nitrogens with one attached hydrogen (secondary N) is 1. The Labute approximate surface area is 166 Å². The van der Waals surface area contributed by atoms with Gasteiger partial charge in [0.1, 0.15) is 10.0 Å². The molecule has 27 heavy (non-hydrogen) atoms. The number of pyridine rings is 1. The van der Waals surface area contributed by atoms with Crippen LogP contribution in [0.4, 0.5) is 0 Å². The first kappa shape index (κ1) is 19.3. The lowest BCUT2D eigenvalue weighted by atomic mass is 9.51. The molecule has 4 aliphatic rings. The first-order valence-electron chi connectivity index (χ1n) is 9.83. The van der Waals surface area contributed by atoms with Crippen LogP contribution in [0, 0.1) is 29.6 Å². The van der Waals surface area contributed by atoms with Crippen LogP contribution >= 0.6 is 11.6 Å². The maximum absolute atomic E-state index is 13.1. The van der Waals surface area contributed by atoms with Crippen molar-refractivity contribution in [3.05, 3.63) is 23.5 Å². The fourth-order valence-electron chi connectivity index (χ4n) is 5.86. The molecular formula is C20H27ClN2O3S. The van der Waals surface area contributed by atoms with E-state index in [4.69, 9.17) is 11.6 Å². The van der Waals surface area contributed by atoms with E-state index >= 15 is 0 Å². The van der Waals surface area contributed by atoms with E-state index in [1.54, 1.807) is 13.8 Å². The Morgan fingerprint density at radius 3 is 2.33 bits per heavy atom. The van der Waals surface area contributed by atoms with Crippen molar-refractivity contribution < 1.29 is 13.2 Å². The molecule has 0 radical (unpaired) electrons. The fraction of sp³-hybridized carbons (Fsp3) is 0.700. The maximum atomic E-state index is 13.1. The third kappa shape index (κ3) is 3.68. The normalized spacial score (nSPS) is 32.6. The van der Waals surface area contributed by atoms with E-state index in [0.29, 0.717) is 24.2 Å². The minimum atomic E-state index is -3.92. The van der Waals surface area contributed by atoms with Crippen molar-refractivity contribution in [1.82, 2.24) is 9.71 Å². The van der Waals surface area contributed by atoms with Gasteiger partial charge in [-0.1, -0.05) is 11.6 Å². The Morgan fingerprint density at radius 1 is 1.19 bits per heavy atom. The molecule has 7 heteroatoms. The quantitative estimate of drug-likeness (QED) is 0.723. The van der Waals surface area contributed by atoms with Gasteiger partial charge in [-0.3, -0.25) is 4.79 Å². The van der Waals surface area contributed by atoms with E-state index in [1.807, 2.05) is 0 Å². The topological polar surface area (TPSA) is 76.1 Å². The molecule has 0 unspecified atom stereocenters. The summed E-state index contributed by atoms with van der Waals surface area (Å²) in [6.07, 6.45) is 8.29. The number of aromatic nitrogens is 1. The van der Waals surface area contributed by atoms with E-state index in [9.17, 15) is 13.2 Å². The van der Waals surface area contributed by atoms with Crippen LogP contribution < -0.4 is 4.72 Å². The van der Waals surface area contributed by atoms with E-state index in [2.05, 4.69) is 9.71 Å². The molecule has 4 fully saturated rings. The summed E-state index contributed by atoms with van der Waals surface area (Å²) in [6, 6.07) is 2.92. The average molecular weight is 411 g/mol. The zero-order chi connectivity index (χ0) is 19.4. The van der Waals surface area contributed by atoms with Gasteiger partial charge in [-0.2, -0.15) is 4.72 Å². The summed E-state index contributed by atoms with van der Waals surface area (Å²) in [7, 11) is -3.92. The summed E-state index contributed by atoms with van der Waals surface area (Å²) in [5.74, 6) is 3.38.